The second kappa shape index (κ2) is 3.56. The quantitative estimate of drug-likeness (QED) is 0.602. The monoisotopic (exact) mass is 239 g/mol. The summed E-state index contributed by atoms with van der Waals surface area (Å²) in [6.45, 7) is 1.50. The van der Waals surface area contributed by atoms with Gasteiger partial charge in [-0.05, 0) is 31.4 Å². The zero-order valence-corrected chi connectivity index (χ0v) is 9.45. The third-order valence-corrected chi connectivity index (χ3v) is 3.43. The number of hydrogen-bond donors (Lipinski definition) is 0. The highest BCUT2D eigenvalue weighted by molar-refractivity contribution is 6.32. The minimum absolute atomic E-state index is 0.0214. The van der Waals surface area contributed by atoms with E-state index in [0.717, 1.165) is 12.8 Å². The fraction of sp³-hybridized carbons (Fsp3) is 0.364. The molecule has 16 heavy (non-hydrogen) atoms. The number of carbonyl (C=O) groups is 1. The molecule has 1 aliphatic carbocycles. The third kappa shape index (κ3) is 1.59. The van der Waals surface area contributed by atoms with Crippen molar-refractivity contribution in [2.24, 2.45) is 0 Å². The molecular formula is C11H10ClNO3. The Balaban J connectivity index is 2.52. The summed E-state index contributed by atoms with van der Waals surface area (Å²) < 4.78 is 0. The molecule has 0 unspecified atom stereocenters. The van der Waals surface area contributed by atoms with Crippen molar-refractivity contribution < 1.29 is 9.72 Å². The number of nitrogens with zero attached hydrogens (tertiary/aromatic N) is 1. The number of ketones is 1. The van der Waals surface area contributed by atoms with E-state index in [1.165, 1.54) is 25.1 Å². The van der Waals surface area contributed by atoms with Gasteiger partial charge in [0.05, 0.1) is 10.3 Å². The summed E-state index contributed by atoms with van der Waals surface area (Å²) in [4.78, 5) is 21.7. The van der Waals surface area contributed by atoms with E-state index in [9.17, 15) is 14.9 Å². The summed E-state index contributed by atoms with van der Waals surface area (Å²) >= 11 is 5.99. The number of hydrogen-bond acceptors (Lipinski definition) is 3. The highest BCUT2D eigenvalue weighted by Crippen LogP contribution is 2.51. The third-order valence-electron chi connectivity index (χ3n) is 3.10. The van der Waals surface area contributed by atoms with E-state index in [1.54, 1.807) is 0 Å². The van der Waals surface area contributed by atoms with Crippen LogP contribution in [0.15, 0.2) is 18.2 Å². The number of rotatable bonds is 3. The van der Waals surface area contributed by atoms with Crippen LogP contribution in [0.5, 0.6) is 0 Å². The molecule has 0 saturated heterocycles. The molecule has 0 radical (unpaired) electrons. The molecule has 0 N–H and O–H groups in total. The average molecular weight is 240 g/mol. The zero-order valence-electron chi connectivity index (χ0n) is 8.70. The molecule has 0 amide bonds. The molecule has 1 fully saturated rings. The van der Waals surface area contributed by atoms with Gasteiger partial charge in [0.25, 0.3) is 5.69 Å². The van der Waals surface area contributed by atoms with E-state index in [-0.39, 0.29) is 11.5 Å². The van der Waals surface area contributed by atoms with Gasteiger partial charge < -0.3 is 0 Å². The Bertz CT molecular complexity index is 480. The highest BCUT2D eigenvalue weighted by atomic mass is 35.5. The second-order valence-electron chi connectivity index (χ2n) is 4.06. The molecule has 0 spiro atoms. The molecule has 84 valence electrons. The molecule has 0 heterocycles. The molecule has 5 heteroatoms. The SMILES string of the molecule is CC(=O)C1(c2cc([N+](=O)[O-])ccc2Cl)CC1. The van der Waals surface area contributed by atoms with E-state index in [4.69, 9.17) is 11.6 Å². The Morgan fingerprint density at radius 1 is 1.50 bits per heavy atom. The van der Waals surface area contributed by atoms with E-state index in [0.29, 0.717) is 10.6 Å². The van der Waals surface area contributed by atoms with Crippen molar-refractivity contribution in [3.63, 3.8) is 0 Å². The van der Waals surface area contributed by atoms with Gasteiger partial charge in [0.2, 0.25) is 0 Å². The lowest BCUT2D eigenvalue weighted by molar-refractivity contribution is -0.384. The molecule has 0 aromatic heterocycles. The summed E-state index contributed by atoms with van der Waals surface area (Å²) in [5.74, 6) is 0.0231. The standard InChI is InChI=1S/C11H10ClNO3/c1-7(14)11(4-5-11)9-6-8(13(15)16)2-3-10(9)12/h2-3,6H,4-5H2,1H3. The van der Waals surface area contributed by atoms with Gasteiger partial charge in [-0.2, -0.15) is 0 Å². The van der Waals surface area contributed by atoms with Crippen LogP contribution < -0.4 is 0 Å². The fourth-order valence-corrected chi connectivity index (χ4v) is 2.23. The van der Waals surface area contributed by atoms with Crippen LogP contribution in [0.25, 0.3) is 0 Å². The fourth-order valence-electron chi connectivity index (χ4n) is 1.93. The van der Waals surface area contributed by atoms with Crippen LogP contribution in [-0.2, 0) is 10.2 Å². The van der Waals surface area contributed by atoms with Crippen LogP contribution in [0.3, 0.4) is 0 Å². The van der Waals surface area contributed by atoms with Crippen molar-refractivity contribution in [3.8, 4) is 0 Å². The molecule has 2 rings (SSSR count). The molecule has 1 aromatic carbocycles. The van der Waals surface area contributed by atoms with Crippen molar-refractivity contribution in [1.29, 1.82) is 0 Å². The lowest BCUT2D eigenvalue weighted by Gasteiger charge is -2.13. The van der Waals surface area contributed by atoms with Gasteiger partial charge in [-0.3, -0.25) is 14.9 Å². The Morgan fingerprint density at radius 2 is 2.12 bits per heavy atom. The topological polar surface area (TPSA) is 60.2 Å². The number of nitro groups is 1. The van der Waals surface area contributed by atoms with Crippen molar-refractivity contribution in [2.75, 3.05) is 0 Å². The van der Waals surface area contributed by atoms with Crippen LogP contribution in [0, 0.1) is 10.1 Å². The van der Waals surface area contributed by atoms with Gasteiger partial charge in [-0.15, -0.1) is 0 Å². The van der Waals surface area contributed by atoms with E-state index in [2.05, 4.69) is 0 Å². The number of benzene rings is 1. The maximum absolute atomic E-state index is 11.5. The molecular weight excluding hydrogens is 230 g/mol. The predicted molar refractivity (Wildman–Crippen MR) is 59.7 cm³/mol. The smallest absolute Gasteiger partial charge is 0.269 e. The van der Waals surface area contributed by atoms with Crippen molar-refractivity contribution in [2.45, 2.75) is 25.2 Å². The van der Waals surface area contributed by atoms with Gasteiger partial charge in [-0.25, -0.2) is 0 Å². The molecule has 1 aromatic rings. The normalized spacial score (nSPS) is 16.9. The zero-order chi connectivity index (χ0) is 11.9. The number of non-ortho nitro benzene ring substituents is 1. The van der Waals surface area contributed by atoms with Gasteiger partial charge in [0.1, 0.15) is 5.78 Å². The minimum Gasteiger partial charge on any atom is -0.299 e. The van der Waals surface area contributed by atoms with Crippen LogP contribution >= 0.6 is 11.6 Å². The first kappa shape index (κ1) is 11.1. The Labute approximate surface area is 97.4 Å². The lowest BCUT2D eigenvalue weighted by atomic mass is 9.92. The lowest BCUT2D eigenvalue weighted by Crippen LogP contribution is -2.17. The maximum Gasteiger partial charge on any atom is 0.269 e. The van der Waals surface area contributed by atoms with E-state index < -0.39 is 10.3 Å². The van der Waals surface area contributed by atoms with Crippen LogP contribution in [0.2, 0.25) is 5.02 Å². The molecule has 1 saturated carbocycles. The molecule has 1 aliphatic rings. The Morgan fingerprint density at radius 3 is 2.56 bits per heavy atom. The first-order chi connectivity index (χ1) is 7.47. The average Bonchev–Trinajstić information content (AvgIpc) is 2.98. The van der Waals surface area contributed by atoms with Crippen molar-refractivity contribution in [3.05, 3.63) is 38.9 Å². The van der Waals surface area contributed by atoms with Gasteiger partial charge >= 0.3 is 0 Å². The van der Waals surface area contributed by atoms with E-state index in [1.807, 2.05) is 0 Å². The van der Waals surface area contributed by atoms with E-state index >= 15 is 0 Å². The molecule has 4 nitrogen and oxygen atoms in total. The van der Waals surface area contributed by atoms with Crippen LogP contribution in [-0.4, -0.2) is 10.7 Å². The molecule has 0 bridgehead atoms. The maximum atomic E-state index is 11.5. The Kier molecular flexibility index (Phi) is 2.46. The number of nitro benzene ring substituents is 1. The van der Waals surface area contributed by atoms with Gasteiger partial charge in [0, 0.05) is 17.2 Å². The predicted octanol–water partition coefficient (Wildman–Crippen LogP) is 2.87. The highest BCUT2D eigenvalue weighted by Gasteiger charge is 2.50. The van der Waals surface area contributed by atoms with Gasteiger partial charge in [-0.1, -0.05) is 11.6 Å². The first-order valence-electron chi connectivity index (χ1n) is 4.93. The summed E-state index contributed by atoms with van der Waals surface area (Å²) in [5, 5.41) is 11.1. The summed E-state index contributed by atoms with van der Waals surface area (Å²) in [5.41, 5.74) is 0.00566. The number of carbonyl (C=O) groups excluding carboxylic acids is 1. The largest absolute Gasteiger partial charge is 0.299 e. The molecule has 0 atom stereocenters. The number of Topliss-reactive ketones (excluding diaryl/α,β-unsaturated/α-hetero) is 1. The second-order valence-corrected chi connectivity index (χ2v) is 4.47. The Hall–Kier alpha value is -1.42. The van der Waals surface area contributed by atoms with Crippen molar-refractivity contribution in [1.82, 2.24) is 0 Å². The minimum atomic E-state index is -0.566. The molecule has 0 aliphatic heterocycles. The van der Waals surface area contributed by atoms with Crippen LogP contribution in [0.1, 0.15) is 25.3 Å². The van der Waals surface area contributed by atoms with Crippen molar-refractivity contribution >= 4 is 23.1 Å². The van der Waals surface area contributed by atoms with Gasteiger partial charge in [0.15, 0.2) is 0 Å². The first-order valence-corrected chi connectivity index (χ1v) is 5.30. The summed E-state index contributed by atoms with van der Waals surface area (Å²) in [6, 6.07) is 4.25. The number of halogens is 1. The van der Waals surface area contributed by atoms with Crippen LogP contribution in [0.4, 0.5) is 5.69 Å². The summed E-state index contributed by atoms with van der Waals surface area (Å²) in [7, 11) is 0. The summed E-state index contributed by atoms with van der Waals surface area (Å²) in [6.07, 6.45) is 1.45.